The molecule has 2 aliphatic heterocycles. The van der Waals surface area contributed by atoms with E-state index in [4.69, 9.17) is 9.47 Å². The van der Waals surface area contributed by atoms with Gasteiger partial charge in [0.2, 0.25) is 6.79 Å². The van der Waals surface area contributed by atoms with E-state index in [1.54, 1.807) is 12.3 Å². The lowest BCUT2D eigenvalue weighted by Crippen LogP contribution is -2.35. The molecule has 1 aromatic heterocycles. The van der Waals surface area contributed by atoms with E-state index >= 15 is 0 Å². The van der Waals surface area contributed by atoms with Gasteiger partial charge in [-0.25, -0.2) is 0 Å². The molecule has 1 amide bonds. The predicted molar refractivity (Wildman–Crippen MR) is 92.6 cm³/mol. The molecule has 0 unspecified atom stereocenters. The number of rotatable bonds is 3. The molecule has 2 aliphatic rings. The summed E-state index contributed by atoms with van der Waals surface area (Å²) in [7, 11) is 0. The summed E-state index contributed by atoms with van der Waals surface area (Å²) in [6.45, 7) is 4.45. The number of ether oxygens (including phenoxy) is 2. The molecule has 25 heavy (non-hydrogen) atoms. The van der Waals surface area contributed by atoms with Crippen LogP contribution in [-0.4, -0.2) is 53.7 Å². The molecule has 0 aliphatic carbocycles. The third-order valence-corrected chi connectivity index (χ3v) is 4.62. The molecule has 0 atom stereocenters. The Balaban J connectivity index is 1.39. The molecule has 6 nitrogen and oxygen atoms in total. The Bertz CT molecular complexity index is 751. The summed E-state index contributed by atoms with van der Waals surface area (Å²) in [6, 6.07) is 9.45. The molecule has 0 bridgehead atoms. The molecule has 4 rings (SSSR count). The van der Waals surface area contributed by atoms with Gasteiger partial charge in [0.25, 0.3) is 5.91 Å². The molecule has 130 valence electrons. The van der Waals surface area contributed by atoms with Crippen LogP contribution in [0.3, 0.4) is 0 Å². The van der Waals surface area contributed by atoms with Gasteiger partial charge in [0.15, 0.2) is 11.5 Å². The number of amides is 1. The topological polar surface area (TPSA) is 54.9 Å². The molecule has 1 aromatic carbocycles. The van der Waals surface area contributed by atoms with Crippen LogP contribution in [0.2, 0.25) is 0 Å². The van der Waals surface area contributed by atoms with Gasteiger partial charge in [0, 0.05) is 50.7 Å². The van der Waals surface area contributed by atoms with E-state index < -0.39 is 0 Å². The standard InChI is InChI=1S/C19H21N3O3/c23-19(16-4-5-17-18(11-16)25-14-24-17)22-8-2-7-21(9-10-22)13-15-3-1-6-20-12-15/h1,3-6,11-12H,2,7-10,13-14H2. The van der Waals surface area contributed by atoms with Crippen molar-refractivity contribution in [1.82, 2.24) is 14.8 Å². The largest absolute Gasteiger partial charge is 0.454 e. The second-order valence-corrected chi connectivity index (χ2v) is 6.35. The van der Waals surface area contributed by atoms with E-state index in [0.29, 0.717) is 17.1 Å². The fraction of sp³-hybridized carbons (Fsp3) is 0.368. The zero-order valence-corrected chi connectivity index (χ0v) is 14.1. The molecular weight excluding hydrogens is 318 g/mol. The fourth-order valence-electron chi connectivity index (χ4n) is 3.29. The van der Waals surface area contributed by atoms with Crippen LogP contribution in [0, 0.1) is 0 Å². The molecule has 0 radical (unpaired) electrons. The minimum absolute atomic E-state index is 0.0570. The van der Waals surface area contributed by atoms with Crippen LogP contribution < -0.4 is 9.47 Å². The number of pyridine rings is 1. The monoisotopic (exact) mass is 339 g/mol. The Morgan fingerprint density at radius 3 is 2.88 bits per heavy atom. The summed E-state index contributed by atoms with van der Waals surface area (Å²) in [5.74, 6) is 1.41. The van der Waals surface area contributed by atoms with Crippen molar-refractivity contribution < 1.29 is 14.3 Å². The molecule has 0 spiro atoms. The van der Waals surface area contributed by atoms with Crippen LogP contribution in [0.15, 0.2) is 42.7 Å². The quantitative estimate of drug-likeness (QED) is 0.858. The van der Waals surface area contributed by atoms with E-state index in [1.807, 2.05) is 29.3 Å². The second kappa shape index (κ2) is 7.11. The first kappa shape index (κ1) is 15.9. The molecule has 6 heteroatoms. The Hall–Kier alpha value is -2.60. The van der Waals surface area contributed by atoms with E-state index in [9.17, 15) is 4.79 Å². The van der Waals surface area contributed by atoms with Crippen molar-refractivity contribution in [2.24, 2.45) is 0 Å². The van der Waals surface area contributed by atoms with Crippen LogP contribution >= 0.6 is 0 Å². The summed E-state index contributed by atoms with van der Waals surface area (Å²) in [4.78, 5) is 21.3. The summed E-state index contributed by atoms with van der Waals surface area (Å²) >= 11 is 0. The van der Waals surface area contributed by atoms with Gasteiger partial charge >= 0.3 is 0 Å². The smallest absolute Gasteiger partial charge is 0.254 e. The summed E-state index contributed by atoms with van der Waals surface area (Å²) < 4.78 is 10.7. The van der Waals surface area contributed by atoms with Gasteiger partial charge in [-0.1, -0.05) is 6.07 Å². The van der Waals surface area contributed by atoms with Gasteiger partial charge in [-0.2, -0.15) is 0 Å². The van der Waals surface area contributed by atoms with Gasteiger partial charge < -0.3 is 14.4 Å². The Labute approximate surface area is 147 Å². The lowest BCUT2D eigenvalue weighted by molar-refractivity contribution is 0.0760. The van der Waals surface area contributed by atoms with Gasteiger partial charge in [-0.15, -0.1) is 0 Å². The zero-order chi connectivity index (χ0) is 17.1. The molecule has 1 fully saturated rings. The third kappa shape index (κ3) is 3.58. The maximum atomic E-state index is 12.8. The van der Waals surface area contributed by atoms with Crippen LogP contribution in [0.4, 0.5) is 0 Å². The molecular formula is C19H21N3O3. The summed E-state index contributed by atoms with van der Waals surface area (Å²) in [5, 5.41) is 0. The summed E-state index contributed by atoms with van der Waals surface area (Å²) in [5.41, 5.74) is 1.86. The highest BCUT2D eigenvalue weighted by Crippen LogP contribution is 2.32. The first-order valence-electron chi connectivity index (χ1n) is 8.60. The Morgan fingerprint density at radius 2 is 2.00 bits per heavy atom. The zero-order valence-electron chi connectivity index (χ0n) is 14.1. The average molecular weight is 339 g/mol. The highest BCUT2D eigenvalue weighted by Gasteiger charge is 2.22. The normalized spacial score (nSPS) is 17.4. The van der Waals surface area contributed by atoms with Gasteiger partial charge in [0.05, 0.1) is 0 Å². The maximum Gasteiger partial charge on any atom is 0.254 e. The minimum atomic E-state index is 0.0570. The first-order chi connectivity index (χ1) is 12.3. The molecule has 0 N–H and O–H groups in total. The van der Waals surface area contributed by atoms with Crippen LogP contribution in [0.5, 0.6) is 11.5 Å². The lowest BCUT2D eigenvalue weighted by atomic mass is 10.1. The van der Waals surface area contributed by atoms with Gasteiger partial charge in [-0.3, -0.25) is 14.7 Å². The van der Waals surface area contributed by atoms with Crippen molar-refractivity contribution in [3.05, 3.63) is 53.9 Å². The molecule has 0 saturated carbocycles. The van der Waals surface area contributed by atoms with E-state index in [1.165, 1.54) is 5.56 Å². The number of carbonyl (C=O) groups excluding carboxylic acids is 1. The average Bonchev–Trinajstić information content (AvgIpc) is 3.00. The fourth-order valence-corrected chi connectivity index (χ4v) is 3.29. The number of fused-ring (bicyclic) bond motifs is 1. The van der Waals surface area contributed by atoms with Crippen molar-refractivity contribution in [1.29, 1.82) is 0 Å². The van der Waals surface area contributed by atoms with E-state index in [-0.39, 0.29) is 12.7 Å². The second-order valence-electron chi connectivity index (χ2n) is 6.35. The van der Waals surface area contributed by atoms with E-state index in [0.717, 1.165) is 39.1 Å². The Kier molecular flexibility index (Phi) is 4.52. The number of hydrogen-bond donors (Lipinski definition) is 0. The highest BCUT2D eigenvalue weighted by atomic mass is 16.7. The number of nitrogens with zero attached hydrogens (tertiary/aromatic N) is 3. The van der Waals surface area contributed by atoms with Crippen molar-refractivity contribution in [2.45, 2.75) is 13.0 Å². The number of benzene rings is 1. The van der Waals surface area contributed by atoms with Crippen LogP contribution in [-0.2, 0) is 6.54 Å². The SMILES string of the molecule is O=C(c1ccc2c(c1)OCO2)N1CCCN(Cc2cccnc2)CC1. The minimum Gasteiger partial charge on any atom is -0.454 e. The predicted octanol–water partition coefficient (Wildman–Crippen LogP) is 2.16. The molecule has 3 heterocycles. The maximum absolute atomic E-state index is 12.8. The summed E-state index contributed by atoms with van der Waals surface area (Å²) in [6.07, 6.45) is 4.66. The van der Waals surface area contributed by atoms with Gasteiger partial charge in [-0.05, 0) is 36.2 Å². The molecule has 2 aromatic rings. The number of aromatic nitrogens is 1. The van der Waals surface area contributed by atoms with Crippen molar-refractivity contribution in [3.63, 3.8) is 0 Å². The third-order valence-electron chi connectivity index (χ3n) is 4.62. The van der Waals surface area contributed by atoms with Crippen molar-refractivity contribution in [2.75, 3.05) is 33.0 Å². The van der Waals surface area contributed by atoms with Crippen LogP contribution in [0.1, 0.15) is 22.3 Å². The van der Waals surface area contributed by atoms with Crippen molar-refractivity contribution in [3.8, 4) is 11.5 Å². The molecule has 1 saturated heterocycles. The van der Waals surface area contributed by atoms with Crippen LogP contribution in [0.25, 0.3) is 0 Å². The number of carbonyl (C=O) groups is 1. The van der Waals surface area contributed by atoms with E-state index in [2.05, 4.69) is 16.0 Å². The highest BCUT2D eigenvalue weighted by molar-refractivity contribution is 5.95. The lowest BCUT2D eigenvalue weighted by Gasteiger charge is -2.22. The van der Waals surface area contributed by atoms with Crippen molar-refractivity contribution >= 4 is 5.91 Å². The Morgan fingerprint density at radius 1 is 1.08 bits per heavy atom. The number of hydrogen-bond acceptors (Lipinski definition) is 5. The first-order valence-corrected chi connectivity index (χ1v) is 8.60. The van der Waals surface area contributed by atoms with Gasteiger partial charge in [0.1, 0.15) is 0 Å².